The Labute approximate surface area is 119 Å². The molecule has 0 aromatic carbocycles. The molecule has 0 radical (unpaired) electrons. The van der Waals surface area contributed by atoms with Crippen LogP contribution in [0.15, 0.2) is 0 Å². The molecule has 2 N–H and O–H groups in total. The fourth-order valence-corrected chi connectivity index (χ4v) is 3.81. The topological polar surface area (TPSA) is 98.4 Å². The summed E-state index contributed by atoms with van der Waals surface area (Å²) in [7, 11) is 0. The Bertz CT molecular complexity index is 380. The number of carboxylic acids is 2. The SMILES string of the molecule is C[C@@](C#N)(CCC(=O)O)SC(=S)SCCC(=O)O. The molecule has 0 spiro atoms. The fraction of sp³-hybridized carbons (Fsp3) is 0.600. The van der Waals surface area contributed by atoms with Crippen LogP contribution in [0.2, 0.25) is 0 Å². The van der Waals surface area contributed by atoms with Gasteiger partial charge in [0.15, 0.2) is 0 Å². The molecule has 0 heterocycles. The van der Waals surface area contributed by atoms with E-state index in [1.165, 1.54) is 11.8 Å². The van der Waals surface area contributed by atoms with Crippen LogP contribution in [0.1, 0.15) is 26.2 Å². The average molecular weight is 307 g/mol. The van der Waals surface area contributed by atoms with Gasteiger partial charge in [-0.25, -0.2) is 0 Å². The number of hydrogen-bond donors (Lipinski definition) is 2. The number of aliphatic carboxylic acids is 2. The van der Waals surface area contributed by atoms with Gasteiger partial charge in [0, 0.05) is 12.2 Å². The summed E-state index contributed by atoms with van der Waals surface area (Å²) in [4.78, 5) is 20.8. The van der Waals surface area contributed by atoms with E-state index in [0.29, 0.717) is 9.28 Å². The van der Waals surface area contributed by atoms with Crippen molar-refractivity contribution >= 4 is 51.2 Å². The van der Waals surface area contributed by atoms with E-state index in [9.17, 15) is 9.59 Å². The standard InChI is InChI=1S/C10H13NO4S3/c1-10(6-11,4-2-7(12)13)18-9(16)17-5-3-8(14)15/h2-5H2,1H3,(H,12,13)(H,14,15)/t10-/m0/s1. The Balaban J connectivity index is 4.18. The molecule has 0 aliphatic carbocycles. The molecule has 0 aromatic heterocycles. The summed E-state index contributed by atoms with van der Waals surface area (Å²) >= 11 is 7.35. The Morgan fingerprint density at radius 1 is 1.33 bits per heavy atom. The molecule has 8 heteroatoms. The Morgan fingerprint density at radius 3 is 2.33 bits per heavy atom. The van der Waals surface area contributed by atoms with Crippen LogP contribution in [0.4, 0.5) is 0 Å². The van der Waals surface area contributed by atoms with Crippen molar-refractivity contribution in [1.82, 2.24) is 0 Å². The maximum Gasteiger partial charge on any atom is 0.304 e. The lowest BCUT2D eigenvalue weighted by atomic mass is 10.1. The number of nitriles is 1. The van der Waals surface area contributed by atoms with Crippen LogP contribution in [0, 0.1) is 11.3 Å². The highest BCUT2D eigenvalue weighted by atomic mass is 32.2. The predicted molar refractivity (Wildman–Crippen MR) is 75.8 cm³/mol. The molecule has 18 heavy (non-hydrogen) atoms. The van der Waals surface area contributed by atoms with E-state index in [1.54, 1.807) is 6.92 Å². The van der Waals surface area contributed by atoms with Gasteiger partial charge < -0.3 is 10.2 Å². The zero-order valence-electron chi connectivity index (χ0n) is 9.71. The largest absolute Gasteiger partial charge is 0.481 e. The Kier molecular flexibility index (Phi) is 7.98. The van der Waals surface area contributed by atoms with Gasteiger partial charge in [-0.1, -0.05) is 24.0 Å². The van der Waals surface area contributed by atoms with E-state index in [4.69, 9.17) is 27.7 Å². The first-order valence-corrected chi connectivity index (χ1v) is 7.21. The number of thioether (sulfide) groups is 2. The van der Waals surface area contributed by atoms with Crippen molar-refractivity contribution in [3.63, 3.8) is 0 Å². The van der Waals surface area contributed by atoms with E-state index in [1.807, 2.05) is 6.07 Å². The zero-order chi connectivity index (χ0) is 14.2. The molecular weight excluding hydrogens is 294 g/mol. The van der Waals surface area contributed by atoms with Crippen LogP contribution in [-0.4, -0.2) is 36.2 Å². The van der Waals surface area contributed by atoms with Gasteiger partial charge in [0.1, 0.15) is 8.28 Å². The summed E-state index contributed by atoms with van der Waals surface area (Å²) in [5, 5.41) is 26.1. The average Bonchev–Trinajstić information content (AvgIpc) is 2.26. The highest BCUT2D eigenvalue weighted by Crippen LogP contribution is 2.34. The molecule has 0 rings (SSSR count). The van der Waals surface area contributed by atoms with E-state index in [0.717, 1.165) is 11.8 Å². The van der Waals surface area contributed by atoms with Crippen molar-refractivity contribution in [3.05, 3.63) is 0 Å². The first kappa shape index (κ1) is 17.2. The van der Waals surface area contributed by atoms with E-state index < -0.39 is 16.7 Å². The van der Waals surface area contributed by atoms with Gasteiger partial charge in [0.2, 0.25) is 0 Å². The fourth-order valence-electron chi connectivity index (χ4n) is 0.910. The van der Waals surface area contributed by atoms with Gasteiger partial charge in [-0.3, -0.25) is 9.59 Å². The Hall–Kier alpha value is -0.780. The first-order chi connectivity index (χ1) is 8.29. The molecule has 0 aliphatic rings. The predicted octanol–water partition coefficient (Wildman–Crippen LogP) is 2.36. The summed E-state index contributed by atoms with van der Waals surface area (Å²) in [5.74, 6) is -1.51. The lowest BCUT2D eigenvalue weighted by Crippen LogP contribution is -2.20. The van der Waals surface area contributed by atoms with Crippen molar-refractivity contribution in [1.29, 1.82) is 5.26 Å². The lowest BCUT2D eigenvalue weighted by molar-refractivity contribution is -0.137. The zero-order valence-corrected chi connectivity index (χ0v) is 12.2. The summed E-state index contributed by atoms with van der Waals surface area (Å²) in [5.41, 5.74) is 0. The van der Waals surface area contributed by atoms with Gasteiger partial charge in [0.25, 0.3) is 0 Å². The molecule has 0 aliphatic heterocycles. The van der Waals surface area contributed by atoms with E-state index in [-0.39, 0.29) is 19.3 Å². The highest BCUT2D eigenvalue weighted by molar-refractivity contribution is 8.47. The van der Waals surface area contributed by atoms with Crippen molar-refractivity contribution in [2.24, 2.45) is 0 Å². The molecule has 0 unspecified atom stereocenters. The second kappa shape index (κ2) is 8.34. The maximum absolute atomic E-state index is 10.5. The number of carbonyl (C=O) groups is 2. The molecule has 1 atom stereocenters. The van der Waals surface area contributed by atoms with Gasteiger partial charge >= 0.3 is 11.9 Å². The number of nitrogens with zero attached hydrogens (tertiary/aromatic N) is 1. The number of carboxylic acid groups (broad SMARTS) is 2. The number of thiocarbonyl (C=S) groups is 1. The molecule has 5 nitrogen and oxygen atoms in total. The quantitative estimate of drug-likeness (QED) is 0.692. The monoisotopic (exact) mass is 307 g/mol. The minimum absolute atomic E-state index is 0.00373. The number of rotatable bonds is 7. The van der Waals surface area contributed by atoms with Crippen molar-refractivity contribution < 1.29 is 19.8 Å². The summed E-state index contributed by atoms with van der Waals surface area (Å²) in [6, 6.07) is 2.05. The van der Waals surface area contributed by atoms with E-state index in [2.05, 4.69) is 0 Å². The summed E-state index contributed by atoms with van der Waals surface area (Å²) in [6.07, 6.45) is 0.104. The third-order valence-electron chi connectivity index (χ3n) is 1.90. The molecule has 0 amide bonds. The third kappa shape index (κ3) is 8.33. The van der Waals surface area contributed by atoms with Gasteiger partial charge in [-0.05, 0) is 13.3 Å². The molecule has 100 valence electrons. The van der Waals surface area contributed by atoms with Crippen molar-refractivity contribution in [2.75, 3.05) is 5.75 Å². The molecular formula is C10H13NO4S3. The van der Waals surface area contributed by atoms with Crippen LogP contribution in [0.25, 0.3) is 0 Å². The maximum atomic E-state index is 10.5. The van der Waals surface area contributed by atoms with Crippen LogP contribution in [0.3, 0.4) is 0 Å². The molecule has 0 fully saturated rings. The van der Waals surface area contributed by atoms with Crippen LogP contribution in [-0.2, 0) is 9.59 Å². The minimum atomic E-state index is -0.957. The normalized spacial score (nSPS) is 13.3. The van der Waals surface area contributed by atoms with Crippen LogP contribution in [0.5, 0.6) is 0 Å². The van der Waals surface area contributed by atoms with Crippen molar-refractivity contribution in [3.8, 4) is 6.07 Å². The molecule has 0 saturated heterocycles. The highest BCUT2D eigenvalue weighted by Gasteiger charge is 2.27. The van der Waals surface area contributed by atoms with Gasteiger partial charge in [-0.2, -0.15) is 5.26 Å². The van der Waals surface area contributed by atoms with Gasteiger partial charge in [-0.15, -0.1) is 11.8 Å². The smallest absolute Gasteiger partial charge is 0.304 e. The Morgan fingerprint density at radius 2 is 1.89 bits per heavy atom. The van der Waals surface area contributed by atoms with Crippen LogP contribution >= 0.6 is 35.7 Å². The van der Waals surface area contributed by atoms with E-state index >= 15 is 0 Å². The minimum Gasteiger partial charge on any atom is -0.481 e. The van der Waals surface area contributed by atoms with Crippen molar-refractivity contribution in [2.45, 2.75) is 30.9 Å². The third-order valence-corrected chi connectivity index (χ3v) is 4.66. The second-order valence-corrected chi connectivity index (χ2v) is 7.38. The van der Waals surface area contributed by atoms with Crippen LogP contribution < -0.4 is 0 Å². The first-order valence-electron chi connectivity index (χ1n) is 4.99. The molecule has 0 saturated carbocycles. The summed E-state index contributed by atoms with van der Waals surface area (Å²) < 4.78 is -0.420. The second-order valence-electron chi connectivity index (χ2n) is 3.58. The van der Waals surface area contributed by atoms with Gasteiger partial charge in [0.05, 0.1) is 12.5 Å². The molecule has 0 aromatic rings. The lowest BCUT2D eigenvalue weighted by Gasteiger charge is -2.19. The molecule has 0 bridgehead atoms. The number of hydrogen-bond acceptors (Lipinski definition) is 6. The summed E-state index contributed by atoms with van der Waals surface area (Å²) in [6.45, 7) is 1.63.